The second-order valence-electron chi connectivity index (χ2n) is 11.6. The number of ether oxygens (including phenoxy) is 4. The Balaban J connectivity index is 1.25. The quantitative estimate of drug-likeness (QED) is 0.187. The molecule has 9 rings (SSSR count). The lowest BCUT2D eigenvalue weighted by molar-refractivity contribution is 0.357. The van der Waals surface area contributed by atoms with Gasteiger partial charge in [-0.05, 0) is 88.3 Å². The topological polar surface area (TPSA) is 36.9 Å². The molecule has 0 saturated carbocycles. The molecule has 46 heavy (non-hydrogen) atoms. The molecule has 0 radical (unpaired) electrons. The molecule has 0 unspecified atom stereocenters. The highest BCUT2D eigenvalue weighted by molar-refractivity contribution is 5.79. The minimum Gasteiger partial charge on any atom is -0.450 e. The number of terminal acetylenes is 2. The number of benzene rings is 6. The van der Waals surface area contributed by atoms with Gasteiger partial charge in [-0.15, -0.1) is 12.8 Å². The summed E-state index contributed by atoms with van der Waals surface area (Å²) < 4.78 is 25.5. The van der Waals surface area contributed by atoms with E-state index in [0.29, 0.717) is 46.0 Å². The summed E-state index contributed by atoms with van der Waals surface area (Å²) in [7, 11) is 0. The van der Waals surface area contributed by atoms with E-state index >= 15 is 0 Å². The first-order valence-corrected chi connectivity index (χ1v) is 15.0. The average molecular weight is 593 g/mol. The predicted molar refractivity (Wildman–Crippen MR) is 177 cm³/mol. The lowest BCUT2D eigenvalue weighted by Crippen LogP contribution is -2.35. The Morgan fingerprint density at radius 1 is 0.457 bits per heavy atom. The first kappa shape index (κ1) is 26.1. The van der Waals surface area contributed by atoms with Crippen LogP contribution in [0.2, 0.25) is 0 Å². The van der Waals surface area contributed by atoms with Crippen LogP contribution in [0.25, 0.3) is 11.1 Å². The van der Waals surface area contributed by atoms with Crippen molar-refractivity contribution in [3.05, 3.63) is 155 Å². The van der Waals surface area contributed by atoms with Crippen LogP contribution in [0.4, 0.5) is 0 Å². The second-order valence-corrected chi connectivity index (χ2v) is 11.6. The highest BCUT2D eigenvalue weighted by Crippen LogP contribution is 2.55. The molecular formula is C42H24O4. The molecule has 2 aliphatic heterocycles. The van der Waals surface area contributed by atoms with Crippen molar-refractivity contribution in [3.63, 3.8) is 0 Å². The number of fused-ring (bicyclic) bond motifs is 7. The highest BCUT2D eigenvalue weighted by Gasteiger charge is 2.43. The van der Waals surface area contributed by atoms with Crippen LogP contribution in [0.1, 0.15) is 33.4 Å². The van der Waals surface area contributed by atoms with E-state index in [1.165, 1.54) is 22.3 Å². The second kappa shape index (κ2) is 9.83. The molecule has 6 aromatic rings. The van der Waals surface area contributed by atoms with Crippen LogP contribution in [0.15, 0.2) is 121 Å². The maximum atomic E-state index is 6.46. The van der Waals surface area contributed by atoms with Gasteiger partial charge in [-0.25, -0.2) is 0 Å². The Bertz CT molecular complexity index is 2220. The molecule has 2 heterocycles. The van der Waals surface area contributed by atoms with Crippen LogP contribution >= 0.6 is 0 Å². The van der Waals surface area contributed by atoms with Crippen LogP contribution < -0.4 is 18.9 Å². The minimum atomic E-state index is -0.608. The maximum absolute atomic E-state index is 6.46. The maximum Gasteiger partial charge on any atom is 0.171 e. The van der Waals surface area contributed by atoms with Gasteiger partial charge in [-0.3, -0.25) is 0 Å². The fourth-order valence-corrected chi connectivity index (χ4v) is 6.96. The average Bonchev–Trinajstić information content (AvgIpc) is 3.11. The Morgan fingerprint density at radius 3 is 1.48 bits per heavy atom. The van der Waals surface area contributed by atoms with E-state index in [1.54, 1.807) is 0 Å². The van der Waals surface area contributed by atoms with Gasteiger partial charge < -0.3 is 18.9 Å². The van der Waals surface area contributed by atoms with Crippen LogP contribution in [0, 0.1) is 24.7 Å². The molecular weight excluding hydrogens is 568 g/mol. The van der Waals surface area contributed by atoms with E-state index in [1.807, 2.05) is 48.5 Å². The monoisotopic (exact) mass is 592 g/mol. The zero-order chi connectivity index (χ0) is 30.8. The Labute approximate surface area is 266 Å². The summed E-state index contributed by atoms with van der Waals surface area (Å²) in [6, 6.07) is 40.7. The minimum absolute atomic E-state index is 0.591. The van der Waals surface area contributed by atoms with Crippen molar-refractivity contribution in [2.45, 2.75) is 11.8 Å². The van der Waals surface area contributed by atoms with Gasteiger partial charge in [-0.2, -0.15) is 0 Å². The van der Waals surface area contributed by atoms with Gasteiger partial charge in [0.1, 0.15) is 0 Å². The summed E-state index contributed by atoms with van der Waals surface area (Å²) in [5.74, 6) is 10.4. The molecule has 1 aliphatic carbocycles. The summed E-state index contributed by atoms with van der Waals surface area (Å²) >= 11 is 0. The standard InChI is InChI=1S/C42H24O4/c1-3-26-13-17-34-38(21-26)45-40-23-29(15-19-36(40)43-34)42(25-28-9-5-6-10-31(28)32-11-7-8-12-33(32)42)30-16-20-37-41(24-30)46-39-22-27(4-2)14-18-35(39)44-37/h1-2,5-24H,25H2. The van der Waals surface area contributed by atoms with Crippen molar-refractivity contribution in [1.29, 1.82) is 0 Å². The van der Waals surface area contributed by atoms with E-state index in [-0.39, 0.29) is 0 Å². The summed E-state index contributed by atoms with van der Waals surface area (Å²) in [6.07, 6.45) is 12.1. The summed E-state index contributed by atoms with van der Waals surface area (Å²) in [4.78, 5) is 0. The first-order chi connectivity index (χ1) is 22.6. The Kier molecular flexibility index (Phi) is 5.57. The van der Waals surface area contributed by atoms with Crippen LogP contribution in [0.3, 0.4) is 0 Å². The van der Waals surface area contributed by atoms with Gasteiger partial charge in [-0.1, -0.05) is 72.5 Å². The van der Waals surface area contributed by atoms with Crippen molar-refractivity contribution >= 4 is 0 Å². The van der Waals surface area contributed by atoms with Crippen LogP contribution in [0.5, 0.6) is 46.0 Å². The van der Waals surface area contributed by atoms with Gasteiger partial charge in [0.15, 0.2) is 46.0 Å². The van der Waals surface area contributed by atoms with E-state index in [2.05, 4.69) is 84.6 Å². The largest absolute Gasteiger partial charge is 0.450 e. The van der Waals surface area contributed by atoms with E-state index in [9.17, 15) is 0 Å². The number of hydrogen-bond acceptors (Lipinski definition) is 4. The van der Waals surface area contributed by atoms with E-state index in [0.717, 1.165) is 28.7 Å². The molecule has 0 bridgehead atoms. The van der Waals surface area contributed by atoms with Crippen LogP contribution in [-0.2, 0) is 11.8 Å². The van der Waals surface area contributed by atoms with E-state index in [4.69, 9.17) is 31.8 Å². The normalized spacial score (nSPS) is 14.0. The van der Waals surface area contributed by atoms with Gasteiger partial charge in [0.25, 0.3) is 0 Å². The molecule has 0 aromatic heterocycles. The Hall–Kier alpha value is -6.36. The number of rotatable bonds is 2. The summed E-state index contributed by atoms with van der Waals surface area (Å²) in [6.45, 7) is 0. The van der Waals surface area contributed by atoms with Crippen molar-refractivity contribution in [2.24, 2.45) is 0 Å². The molecule has 4 heteroatoms. The van der Waals surface area contributed by atoms with Crippen molar-refractivity contribution in [2.75, 3.05) is 0 Å². The molecule has 0 atom stereocenters. The third-order valence-electron chi connectivity index (χ3n) is 9.12. The summed E-state index contributed by atoms with van der Waals surface area (Å²) in [5, 5.41) is 0. The van der Waals surface area contributed by atoms with E-state index < -0.39 is 5.41 Å². The predicted octanol–water partition coefficient (Wildman–Crippen LogP) is 10.0. The fraction of sp³-hybridized carbons (Fsp3) is 0.0476. The summed E-state index contributed by atoms with van der Waals surface area (Å²) in [5.41, 5.74) is 7.81. The number of hydrogen-bond donors (Lipinski definition) is 0. The molecule has 0 saturated heterocycles. The molecule has 216 valence electrons. The highest BCUT2D eigenvalue weighted by atomic mass is 16.6. The molecule has 6 aromatic carbocycles. The third-order valence-corrected chi connectivity index (χ3v) is 9.12. The molecule has 0 N–H and O–H groups in total. The zero-order valence-electron chi connectivity index (χ0n) is 24.5. The smallest absolute Gasteiger partial charge is 0.171 e. The van der Waals surface area contributed by atoms with Gasteiger partial charge in [0.2, 0.25) is 0 Å². The van der Waals surface area contributed by atoms with Crippen molar-refractivity contribution < 1.29 is 18.9 Å². The molecule has 0 amide bonds. The fourth-order valence-electron chi connectivity index (χ4n) is 6.96. The molecule has 0 fully saturated rings. The Morgan fingerprint density at radius 2 is 0.913 bits per heavy atom. The van der Waals surface area contributed by atoms with Gasteiger partial charge in [0.05, 0.1) is 5.41 Å². The van der Waals surface area contributed by atoms with Crippen molar-refractivity contribution in [3.8, 4) is 81.8 Å². The zero-order valence-corrected chi connectivity index (χ0v) is 24.5. The SMILES string of the molecule is C#Cc1ccc2c(c1)Oc1cc(C3(c4ccc5c(c4)Oc4cc(C#C)ccc4O5)Cc4ccccc4-c4ccccc43)ccc1O2. The van der Waals surface area contributed by atoms with Crippen molar-refractivity contribution in [1.82, 2.24) is 0 Å². The lowest BCUT2D eigenvalue weighted by atomic mass is 9.61. The molecule has 4 nitrogen and oxygen atoms in total. The third kappa shape index (κ3) is 3.84. The van der Waals surface area contributed by atoms with Crippen LogP contribution in [-0.4, -0.2) is 0 Å². The van der Waals surface area contributed by atoms with Gasteiger partial charge >= 0.3 is 0 Å². The lowest BCUT2D eigenvalue weighted by Gasteiger charge is -2.42. The van der Waals surface area contributed by atoms with Gasteiger partial charge in [0, 0.05) is 23.3 Å². The molecule has 0 spiro atoms. The first-order valence-electron chi connectivity index (χ1n) is 15.0. The molecule has 3 aliphatic rings.